The van der Waals surface area contributed by atoms with E-state index in [1.807, 2.05) is 29.2 Å². The highest BCUT2D eigenvalue weighted by Crippen LogP contribution is 2.39. The summed E-state index contributed by atoms with van der Waals surface area (Å²) in [4.78, 5) is 13.8. The number of carboxylic acids is 1. The van der Waals surface area contributed by atoms with Gasteiger partial charge in [0.2, 0.25) is 6.79 Å². The maximum Gasteiger partial charge on any atom is 0.320 e. The zero-order valence-corrected chi connectivity index (χ0v) is 14.2. The van der Waals surface area contributed by atoms with Crippen LogP contribution in [-0.4, -0.2) is 35.4 Å². The van der Waals surface area contributed by atoms with Gasteiger partial charge in [0.25, 0.3) is 0 Å². The fraction of sp³-hybridized carbons (Fsp3) is 0.350. The smallest absolute Gasteiger partial charge is 0.320 e. The van der Waals surface area contributed by atoms with Crippen molar-refractivity contribution in [2.24, 2.45) is 0 Å². The van der Waals surface area contributed by atoms with Crippen LogP contribution in [0.25, 0.3) is 0 Å². The number of hydrogen-bond donors (Lipinski definition) is 1. The third-order valence-electron chi connectivity index (χ3n) is 5.04. The zero-order valence-electron chi connectivity index (χ0n) is 14.2. The van der Waals surface area contributed by atoms with E-state index in [1.54, 1.807) is 6.07 Å². The second kappa shape index (κ2) is 6.96. The molecular formula is C20H20FNO4. The van der Waals surface area contributed by atoms with Crippen molar-refractivity contribution in [1.82, 2.24) is 4.90 Å². The maximum atomic E-state index is 13.9. The van der Waals surface area contributed by atoms with E-state index in [9.17, 15) is 14.3 Å². The van der Waals surface area contributed by atoms with Gasteiger partial charge < -0.3 is 14.6 Å². The molecule has 26 heavy (non-hydrogen) atoms. The molecule has 2 aromatic rings. The first-order valence-corrected chi connectivity index (χ1v) is 8.77. The highest BCUT2D eigenvalue weighted by Gasteiger charge is 2.35. The lowest BCUT2D eigenvalue weighted by Gasteiger charge is -2.39. The van der Waals surface area contributed by atoms with Gasteiger partial charge in [0, 0.05) is 0 Å². The number of fused-ring (bicyclic) bond motifs is 1. The van der Waals surface area contributed by atoms with Gasteiger partial charge in [0.1, 0.15) is 11.9 Å². The summed E-state index contributed by atoms with van der Waals surface area (Å²) < 4.78 is 24.8. The molecule has 1 N–H and O–H groups in total. The largest absolute Gasteiger partial charge is 0.480 e. The summed E-state index contributed by atoms with van der Waals surface area (Å²) in [7, 11) is 0. The molecule has 0 aliphatic carbocycles. The van der Waals surface area contributed by atoms with Gasteiger partial charge in [-0.1, -0.05) is 24.6 Å². The molecule has 1 saturated heterocycles. The van der Waals surface area contributed by atoms with E-state index >= 15 is 0 Å². The number of halogens is 1. The minimum atomic E-state index is -0.841. The van der Waals surface area contributed by atoms with Gasteiger partial charge in [-0.05, 0) is 54.8 Å². The Morgan fingerprint density at radius 2 is 1.92 bits per heavy atom. The molecule has 0 bridgehead atoms. The van der Waals surface area contributed by atoms with Crippen LogP contribution in [0.1, 0.15) is 36.4 Å². The van der Waals surface area contributed by atoms with Crippen molar-refractivity contribution >= 4 is 5.97 Å². The average molecular weight is 357 g/mol. The van der Waals surface area contributed by atoms with Crippen molar-refractivity contribution in [2.45, 2.75) is 31.3 Å². The van der Waals surface area contributed by atoms with Crippen molar-refractivity contribution in [3.8, 4) is 11.5 Å². The van der Waals surface area contributed by atoms with Crippen LogP contribution in [0.2, 0.25) is 0 Å². The molecule has 2 aliphatic heterocycles. The Bertz CT molecular complexity index is 825. The lowest BCUT2D eigenvalue weighted by Crippen LogP contribution is -2.46. The normalized spacial score (nSPS) is 20.7. The molecule has 0 spiro atoms. The number of likely N-dealkylation sites (tertiary alicyclic amines) is 1. The van der Waals surface area contributed by atoms with E-state index in [-0.39, 0.29) is 18.7 Å². The van der Waals surface area contributed by atoms with Crippen molar-refractivity contribution in [2.75, 3.05) is 13.3 Å². The van der Waals surface area contributed by atoms with Gasteiger partial charge in [0.15, 0.2) is 11.5 Å². The first-order chi connectivity index (χ1) is 12.6. The van der Waals surface area contributed by atoms with Crippen molar-refractivity contribution < 1.29 is 23.8 Å². The minimum absolute atomic E-state index is 0.172. The fourth-order valence-electron chi connectivity index (χ4n) is 3.86. The van der Waals surface area contributed by atoms with Crippen LogP contribution in [0.4, 0.5) is 4.39 Å². The molecule has 136 valence electrons. The topological polar surface area (TPSA) is 59.0 Å². The Hall–Kier alpha value is -2.60. The molecule has 2 aliphatic rings. The number of benzene rings is 2. The third-order valence-corrected chi connectivity index (χ3v) is 5.04. The Morgan fingerprint density at radius 3 is 2.73 bits per heavy atom. The van der Waals surface area contributed by atoms with Crippen molar-refractivity contribution in [1.29, 1.82) is 0 Å². The molecule has 2 heterocycles. The molecule has 0 aromatic heterocycles. The van der Waals surface area contributed by atoms with Crippen LogP contribution in [0.15, 0.2) is 42.5 Å². The molecule has 4 rings (SSSR count). The summed E-state index contributed by atoms with van der Waals surface area (Å²) in [6.07, 6.45) is 2.39. The number of carboxylic acid groups (broad SMARTS) is 1. The predicted octanol–water partition coefficient (Wildman–Crippen LogP) is 3.58. The summed E-state index contributed by atoms with van der Waals surface area (Å²) in [5.41, 5.74) is 1.60. The molecule has 2 unspecified atom stereocenters. The summed E-state index contributed by atoms with van der Waals surface area (Å²) in [6.45, 7) is 0.817. The Balaban J connectivity index is 1.80. The summed E-state index contributed by atoms with van der Waals surface area (Å²) in [5.74, 6) is 0.122. The van der Waals surface area contributed by atoms with Gasteiger partial charge in [-0.3, -0.25) is 9.69 Å². The number of aliphatic carboxylic acids is 1. The van der Waals surface area contributed by atoms with E-state index in [1.165, 1.54) is 12.1 Å². The van der Waals surface area contributed by atoms with Gasteiger partial charge >= 0.3 is 5.97 Å². The number of ether oxygens (including phenoxy) is 2. The first-order valence-electron chi connectivity index (χ1n) is 8.77. The van der Waals surface area contributed by atoms with E-state index in [0.29, 0.717) is 24.5 Å². The number of rotatable bonds is 4. The number of hydrogen-bond acceptors (Lipinski definition) is 4. The quantitative estimate of drug-likeness (QED) is 0.906. The summed E-state index contributed by atoms with van der Waals surface area (Å²) in [6, 6.07) is 11.0. The second-order valence-electron chi connectivity index (χ2n) is 6.66. The molecule has 1 fully saturated rings. The standard InChI is InChI=1S/C20H20FNO4/c21-15-5-3-4-13(10-15)19(22-9-2-1-6-16(22)20(23)24)14-7-8-17-18(11-14)26-12-25-17/h3-5,7-8,10-11,16,19H,1-2,6,9,12H2,(H,23,24). The highest BCUT2D eigenvalue weighted by molar-refractivity contribution is 5.73. The predicted molar refractivity (Wildman–Crippen MR) is 92.8 cm³/mol. The van der Waals surface area contributed by atoms with Gasteiger partial charge in [-0.15, -0.1) is 0 Å². The molecule has 0 radical (unpaired) electrons. The monoisotopic (exact) mass is 357 g/mol. The Kier molecular flexibility index (Phi) is 4.51. The average Bonchev–Trinajstić information content (AvgIpc) is 3.10. The number of piperidine rings is 1. The van der Waals surface area contributed by atoms with E-state index in [0.717, 1.165) is 24.0 Å². The van der Waals surface area contributed by atoms with E-state index in [4.69, 9.17) is 9.47 Å². The second-order valence-corrected chi connectivity index (χ2v) is 6.66. The molecule has 0 amide bonds. The lowest BCUT2D eigenvalue weighted by molar-refractivity contribution is -0.145. The maximum absolute atomic E-state index is 13.9. The third kappa shape index (κ3) is 3.12. The number of nitrogens with zero attached hydrogens (tertiary/aromatic N) is 1. The SMILES string of the molecule is O=C(O)C1CCCCN1C(c1cccc(F)c1)c1ccc2c(c1)OCO2. The molecule has 2 aromatic carbocycles. The van der Waals surface area contributed by atoms with Crippen LogP contribution in [0.3, 0.4) is 0 Å². The molecule has 2 atom stereocenters. The Morgan fingerprint density at radius 1 is 1.12 bits per heavy atom. The Labute approximate surface area is 151 Å². The van der Waals surface area contributed by atoms with Crippen LogP contribution in [-0.2, 0) is 4.79 Å². The van der Waals surface area contributed by atoms with Crippen LogP contribution >= 0.6 is 0 Å². The minimum Gasteiger partial charge on any atom is -0.480 e. The highest BCUT2D eigenvalue weighted by atomic mass is 19.1. The summed E-state index contributed by atoms with van der Waals surface area (Å²) in [5, 5.41) is 9.70. The van der Waals surface area contributed by atoms with Crippen molar-refractivity contribution in [3.63, 3.8) is 0 Å². The fourth-order valence-corrected chi connectivity index (χ4v) is 3.86. The van der Waals surface area contributed by atoms with E-state index in [2.05, 4.69) is 0 Å². The lowest BCUT2D eigenvalue weighted by atomic mass is 9.91. The van der Waals surface area contributed by atoms with Gasteiger partial charge in [-0.2, -0.15) is 0 Å². The van der Waals surface area contributed by atoms with Crippen LogP contribution in [0, 0.1) is 5.82 Å². The number of carbonyl (C=O) groups is 1. The first kappa shape index (κ1) is 16.8. The summed E-state index contributed by atoms with van der Waals surface area (Å²) >= 11 is 0. The molecule has 5 nitrogen and oxygen atoms in total. The molecular weight excluding hydrogens is 337 g/mol. The van der Waals surface area contributed by atoms with Crippen LogP contribution in [0.5, 0.6) is 11.5 Å². The van der Waals surface area contributed by atoms with Crippen LogP contribution < -0.4 is 9.47 Å². The van der Waals surface area contributed by atoms with Gasteiger partial charge in [0.05, 0.1) is 6.04 Å². The molecule has 6 heteroatoms. The molecule has 0 saturated carbocycles. The van der Waals surface area contributed by atoms with E-state index < -0.39 is 12.0 Å². The van der Waals surface area contributed by atoms with Crippen molar-refractivity contribution in [3.05, 3.63) is 59.4 Å². The zero-order chi connectivity index (χ0) is 18.1. The van der Waals surface area contributed by atoms with Gasteiger partial charge in [-0.25, -0.2) is 4.39 Å².